The Balaban J connectivity index is 2.80. The topological polar surface area (TPSA) is 85.2 Å². The van der Waals surface area contributed by atoms with Crippen molar-refractivity contribution in [3.8, 4) is 0 Å². The van der Waals surface area contributed by atoms with E-state index in [4.69, 9.17) is 23.7 Å². The average molecular weight is 334 g/mol. The van der Waals surface area contributed by atoms with E-state index in [2.05, 4.69) is 23.9 Å². The second-order valence-electron chi connectivity index (χ2n) is 5.76. The van der Waals surface area contributed by atoms with Gasteiger partial charge in [-0.3, -0.25) is 4.79 Å². The normalized spacial score (nSPS) is 12.7. The van der Waals surface area contributed by atoms with Gasteiger partial charge in [0, 0.05) is 18.3 Å². The Kier molecular flexibility index (Phi) is 7.85. The summed E-state index contributed by atoms with van der Waals surface area (Å²) in [6.07, 6.45) is 7.17. The Morgan fingerprint density at radius 1 is 1.52 bits per heavy atom. The Hall–Kier alpha value is -1.79. The maximum absolute atomic E-state index is 11.9. The second kappa shape index (κ2) is 9.37. The number of nitrogens with zero attached hydrogens (tertiary/aromatic N) is 2. The van der Waals surface area contributed by atoms with E-state index in [-0.39, 0.29) is 10.8 Å². The molecule has 0 bridgehead atoms. The van der Waals surface area contributed by atoms with Gasteiger partial charge in [-0.2, -0.15) is 0 Å². The van der Waals surface area contributed by atoms with Crippen molar-refractivity contribution in [1.29, 1.82) is 0 Å². The van der Waals surface area contributed by atoms with E-state index in [0.717, 1.165) is 37.1 Å². The number of hydrogen-bond donors (Lipinski definition) is 2. The number of anilines is 1. The maximum atomic E-state index is 11.9. The van der Waals surface area contributed by atoms with Gasteiger partial charge in [0.2, 0.25) is 0 Å². The Bertz CT molecular complexity index is 586. The summed E-state index contributed by atoms with van der Waals surface area (Å²) < 4.78 is 0. The van der Waals surface area contributed by atoms with E-state index in [1.807, 2.05) is 6.07 Å². The van der Waals surface area contributed by atoms with Gasteiger partial charge in [0.15, 0.2) is 5.78 Å². The lowest BCUT2D eigenvalue weighted by molar-refractivity contribution is -0.115. The van der Waals surface area contributed by atoms with E-state index in [1.54, 1.807) is 19.2 Å². The zero-order chi connectivity index (χ0) is 17.4. The number of carbonyl (C=O) groups is 1. The number of allylic oxidation sites excluding steroid dienone is 1. The number of thiocarbonyl (C=S) groups is 1. The number of unbranched alkanes of at least 4 members (excludes halogenated alkanes) is 1. The highest BCUT2D eigenvalue weighted by atomic mass is 32.1. The standard InChI is InChI=1S/C17H26N4OS/c1-4-5-8-21(3)11-14-9-13(10-20-16(14)18)6-7-15(22)12(2)17(19)23/h6-7,9-10,12H,4-5,8,11H2,1-3H3,(H2,18,20)(H2,19,23)/b7-6+. The number of nitrogens with two attached hydrogens (primary N) is 2. The lowest BCUT2D eigenvalue weighted by Crippen LogP contribution is -2.24. The summed E-state index contributed by atoms with van der Waals surface area (Å²) in [4.78, 5) is 18.5. The summed E-state index contributed by atoms with van der Waals surface area (Å²) in [7, 11) is 2.06. The molecule has 1 aromatic rings. The van der Waals surface area contributed by atoms with Crippen molar-refractivity contribution in [2.75, 3.05) is 19.3 Å². The van der Waals surface area contributed by atoms with Gasteiger partial charge < -0.3 is 16.4 Å². The SMILES string of the molecule is CCCCN(C)Cc1cc(/C=C/C(=O)C(C)C(N)=S)cnc1N. The third-order valence-electron chi connectivity index (χ3n) is 3.65. The fourth-order valence-corrected chi connectivity index (χ4v) is 2.13. The van der Waals surface area contributed by atoms with Crippen molar-refractivity contribution in [3.63, 3.8) is 0 Å². The minimum Gasteiger partial charge on any atom is -0.393 e. The number of rotatable bonds is 9. The molecular formula is C17H26N4OS. The van der Waals surface area contributed by atoms with Crippen LogP contribution >= 0.6 is 12.2 Å². The van der Waals surface area contributed by atoms with Crippen molar-refractivity contribution in [2.45, 2.75) is 33.2 Å². The van der Waals surface area contributed by atoms with Gasteiger partial charge in [0.25, 0.3) is 0 Å². The van der Waals surface area contributed by atoms with Gasteiger partial charge in [-0.15, -0.1) is 0 Å². The number of hydrogen-bond acceptors (Lipinski definition) is 5. The number of pyridine rings is 1. The van der Waals surface area contributed by atoms with Crippen molar-refractivity contribution < 1.29 is 4.79 Å². The molecule has 1 unspecified atom stereocenters. The Morgan fingerprint density at radius 3 is 2.83 bits per heavy atom. The first kappa shape index (κ1) is 19.3. The number of ketones is 1. The molecule has 0 aliphatic rings. The van der Waals surface area contributed by atoms with Crippen LogP contribution in [0.15, 0.2) is 18.3 Å². The fraction of sp³-hybridized carbons (Fsp3) is 0.471. The number of carbonyl (C=O) groups excluding carboxylic acids is 1. The van der Waals surface area contributed by atoms with Gasteiger partial charge >= 0.3 is 0 Å². The van der Waals surface area contributed by atoms with Crippen LogP contribution in [0.4, 0.5) is 5.82 Å². The number of nitrogen functional groups attached to an aromatic ring is 1. The van der Waals surface area contributed by atoms with Crippen molar-refractivity contribution in [1.82, 2.24) is 9.88 Å². The summed E-state index contributed by atoms with van der Waals surface area (Å²) in [6, 6.07) is 1.96. The summed E-state index contributed by atoms with van der Waals surface area (Å²) in [5, 5.41) is 0. The Morgan fingerprint density at radius 2 is 2.22 bits per heavy atom. The molecule has 0 saturated heterocycles. The summed E-state index contributed by atoms with van der Waals surface area (Å²) in [5.74, 6) is -0.0492. The molecule has 0 saturated carbocycles. The largest absolute Gasteiger partial charge is 0.393 e. The minimum atomic E-state index is -0.456. The van der Waals surface area contributed by atoms with Crippen molar-refractivity contribution in [2.24, 2.45) is 11.7 Å². The molecule has 0 fully saturated rings. The van der Waals surface area contributed by atoms with Gasteiger partial charge in [0.05, 0.1) is 10.9 Å². The molecule has 0 aliphatic carbocycles. The van der Waals surface area contributed by atoms with Crippen molar-refractivity contribution >= 4 is 34.9 Å². The van der Waals surface area contributed by atoms with Crippen LogP contribution in [0, 0.1) is 5.92 Å². The summed E-state index contributed by atoms with van der Waals surface area (Å²) in [6.45, 7) is 5.61. The molecule has 23 heavy (non-hydrogen) atoms. The molecule has 0 amide bonds. The van der Waals surface area contributed by atoms with E-state index in [9.17, 15) is 4.79 Å². The lowest BCUT2D eigenvalue weighted by Gasteiger charge is -2.17. The molecule has 0 spiro atoms. The molecule has 6 heteroatoms. The monoisotopic (exact) mass is 334 g/mol. The minimum absolute atomic E-state index is 0.115. The molecule has 4 N–H and O–H groups in total. The van der Waals surface area contributed by atoms with Crippen LogP contribution in [0.25, 0.3) is 6.08 Å². The van der Waals surface area contributed by atoms with Crippen LogP contribution in [-0.4, -0.2) is 34.2 Å². The zero-order valence-electron chi connectivity index (χ0n) is 14.1. The molecule has 1 heterocycles. The molecule has 0 radical (unpaired) electrons. The van der Waals surface area contributed by atoms with Crippen LogP contribution < -0.4 is 11.5 Å². The molecular weight excluding hydrogens is 308 g/mol. The van der Waals surface area contributed by atoms with Crippen molar-refractivity contribution in [3.05, 3.63) is 29.5 Å². The first-order valence-electron chi connectivity index (χ1n) is 7.79. The van der Waals surface area contributed by atoms with Crippen LogP contribution in [0.3, 0.4) is 0 Å². The Labute approximate surface area is 143 Å². The van der Waals surface area contributed by atoms with E-state index < -0.39 is 5.92 Å². The predicted molar refractivity (Wildman–Crippen MR) is 99.9 cm³/mol. The van der Waals surface area contributed by atoms with E-state index in [0.29, 0.717) is 5.82 Å². The van der Waals surface area contributed by atoms with Gasteiger partial charge in [-0.05, 0) is 50.7 Å². The molecule has 0 aromatic carbocycles. The molecule has 1 rings (SSSR count). The van der Waals surface area contributed by atoms with Gasteiger partial charge in [0.1, 0.15) is 5.82 Å². The predicted octanol–water partition coefficient (Wildman–Crippen LogP) is 2.40. The first-order valence-corrected chi connectivity index (χ1v) is 8.20. The van der Waals surface area contributed by atoms with Crippen LogP contribution in [0.5, 0.6) is 0 Å². The van der Waals surface area contributed by atoms with E-state index in [1.165, 1.54) is 6.08 Å². The highest BCUT2D eigenvalue weighted by molar-refractivity contribution is 7.80. The summed E-state index contributed by atoms with van der Waals surface area (Å²) >= 11 is 4.83. The van der Waals surface area contributed by atoms with Gasteiger partial charge in [-0.1, -0.05) is 25.6 Å². The molecule has 1 atom stereocenters. The molecule has 1 aromatic heterocycles. The van der Waals surface area contributed by atoms with Crippen LogP contribution in [-0.2, 0) is 11.3 Å². The van der Waals surface area contributed by atoms with E-state index >= 15 is 0 Å². The summed E-state index contributed by atoms with van der Waals surface area (Å²) in [5.41, 5.74) is 13.2. The third-order valence-corrected chi connectivity index (χ3v) is 4.00. The first-order chi connectivity index (χ1) is 10.8. The number of aromatic nitrogens is 1. The molecule has 5 nitrogen and oxygen atoms in total. The quantitative estimate of drug-likeness (QED) is 0.533. The highest BCUT2D eigenvalue weighted by Gasteiger charge is 2.12. The maximum Gasteiger partial charge on any atom is 0.165 e. The third kappa shape index (κ3) is 6.46. The average Bonchev–Trinajstić information content (AvgIpc) is 2.52. The fourth-order valence-electron chi connectivity index (χ4n) is 2.02. The highest BCUT2D eigenvalue weighted by Crippen LogP contribution is 2.15. The zero-order valence-corrected chi connectivity index (χ0v) is 14.9. The van der Waals surface area contributed by atoms with Crippen LogP contribution in [0.2, 0.25) is 0 Å². The van der Waals surface area contributed by atoms with Crippen LogP contribution in [0.1, 0.15) is 37.8 Å². The molecule has 126 valence electrons. The smallest absolute Gasteiger partial charge is 0.165 e. The molecule has 0 aliphatic heterocycles. The lowest BCUT2D eigenvalue weighted by atomic mass is 10.1. The second-order valence-corrected chi connectivity index (χ2v) is 6.24. The van der Waals surface area contributed by atoms with Gasteiger partial charge in [-0.25, -0.2) is 4.98 Å².